The van der Waals surface area contributed by atoms with Crippen molar-refractivity contribution in [2.45, 2.75) is 44.9 Å². The molecule has 0 atom stereocenters. The molecular formula is C23H31N5O. The molecule has 4 rings (SSSR count). The van der Waals surface area contributed by atoms with Gasteiger partial charge < -0.3 is 16.0 Å². The summed E-state index contributed by atoms with van der Waals surface area (Å²) in [4.78, 5) is 23.3. The molecule has 1 saturated carbocycles. The monoisotopic (exact) mass is 393 g/mol. The predicted molar refractivity (Wildman–Crippen MR) is 118 cm³/mol. The fraction of sp³-hybridized carbons (Fsp3) is 0.522. The lowest BCUT2D eigenvalue weighted by molar-refractivity contribution is 0.161. The van der Waals surface area contributed by atoms with Gasteiger partial charge in [-0.15, -0.1) is 0 Å². The molecule has 1 aliphatic heterocycles. The van der Waals surface area contributed by atoms with E-state index in [1.807, 2.05) is 24.3 Å². The van der Waals surface area contributed by atoms with Crippen LogP contribution in [0.25, 0.3) is 10.8 Å². The standard InChI is InChI=1S/C23H31N5O/c24-22(18-10-13-28(14-11-18)16-17-5-2-1-3-6-17)27-23(29)26-21-8-4-7-19-15-25-12-9-20(19)21/h4,7-9,12,15,17-18H,1-3,5-6,10-11,13-14,16H2,(H3,24,26,27,29). The number of anilines is 1. The Morgan fingerprint density at radius 2 is 1.93 bits per heavy atom. The van der Waals surface area contributed by atoms with Gasteiger partial charge in [0.15, 0.2) is 0 Å². The van der Waals surface area contributed by atoms with Crippen LogP contribution in [0.15, 0.2) is 41.7 Å². The van der Waals surface area contributed by atoms with E-state index < -0.39 is 6.03 Å². The van der Waals surface area contributed by atoms with Gasteiger partial charge in [0, 0.05) is 35.6 Å². The molecule has 1 aromatic carbocycles. The van der Waals surface area contributed by atoms with Crippen LogP contribution in [0.1, 0.15) is 44.9 Å². The van der Waals surface area contributed by atoms with Gasteiger partial charge in [-0.3, -0.25) is 4.98 Å². The number of likely N-dealkylation sites (tertiary alicyclic amines) is 1. The zero-order valence-corrected chi connectivity index (χ0v) is 17.0. The summed E-state index contributed by atoms with van der Waals surface area (Å²) < 4.78 is 0. The third-order valence-electron chi connectivity index (χ3n) is 6.40. The highest BCUT2D eigenvalue weighted by molar-refractivity contribution is 6.05. The molecule has 154 valence electrons. The Hall–Kier alpha value is -2.47. The lowest BCUT2D eigenvalue weighted by atomic mass is 9.88. The van der Waals surface area contributed by atoms with Crippen molar-refractivity contribution in [2.75, 3.05) is 25.0 Å². The van der Waals surface area contributed by atoms with Crippen LogP contribution in [0.2, 0.25) is 0 Å². The second-order valence-corrected chi connectivity index (χ2v) is 8.45. The molecule has 0 bridgehead atoms. The number of nitrogens with one attached hydrogen (secondary N) is 1. The first kappa shape index (κ1) is 19.8. The van der Waals surface area contributed by atoms with Gasteiger partial charge in [-0.1, -0.05) is 31.4 Å². The topological polar surface area (TPSA) is 83.6 Å². The number of piperidine rings is 1. The van der Waals surface area contributed by atoms with E-state index in [2.05, 4.69) is 20.2 Å². The summed E-state index contributed by atoms with van der Waals surface area (Å²) in [7, 11) is 0. The highest BCUT2D eigenvalue weighted by atomic mass is 16.2. The van der Waals surface area contributed by atoms with Crippen molar-refractivity contribution in [1.29, 1.82) is 0 Å². The number of nitrogens with zero attached hydrogens (tertiary/aromatic N) is 3. The number of fused-ring (bicyclic) bond motifs is 1. The number of benzene rings is 1. The number of urea groups is 1. The lowest BCUT2D eigenvalue weighted by Gasteiger charge is -2.35. The maximum atomic E-state index is 12.4. The minimum Gasteiger partial charge on any atom is -0.387 e. The molecule has 6 heteroatoms. The summed E-state index contributed by atoms with van der Waals surface area (Å²) in [6.45, 7) is 3.32. The molecule has 2 amide bonds. The normalized spacial score (nSPS) is 20.1. The van der Waals surface area contributed by atoms with Gasteiger partial charge in [-0.25, -0.2) is 4.79 Å². The number of rotatable bonds is 4. The molecule has 0 radical (unpaired) electrons. The zero-order chi connectivity index (χ0) is 20.1. The quantitative estimate of drug-likeness (QED) is 0.595. The van der Waals surface area contributed by atoms with Crippen LogP contribution in [0, 0.1) is 11.8 Å². The van der Waals surface area contributed by atoms with Crippen LogP contribution < -0.4 is 11.1 Å². The van der Waals surface area contributed by atoms with Crippen LogP contribution >= 0.6 is 0 Å². The van der Waals surface area contributed by atoms with Crippen LogP contribution in [-0.4, -0.2) is 41.4 Å². The summed E-state index contributed by atoms with van der Waals surface area (Å²) in [6.07, 6.45) is 12.4. The molecule has 1 aliphatic carbocycles. The van der Waals surface area contributed by atoms with E-state index >= 15 is 0 Å². The van der Waals surface area contributed by atoms with Crippen LogP contribution in [0.3, 0.4) is 0 Å². The second kappa shape index (κ2) is 9.35. The van der Waals surface area contributed by atoms with E-state index in [0.717, 1.165) is 48.3 Å². The Bertz CT molecular complexity index is 861. The van der Waals surface area contributed by atoms with E-state index in [1.165, 1.54) is 38.6 Å². The Labute approximate surface area is 172 Å². The Morgan fingerprint density at radius 3 is 2.72 bits per heavy atom. The van der Waals surface area contributed by atoms with E-state index in [1.54, 1.807) is 12.4 Å². The molecule has 2 aromatic rings. The summed E-state index contributed by atoms with van der Waals surface area (Å²) in [5.74, 6) is 1.52. The first-order valence-electron chi connectivity index (χ1n) is 10.9. The molecule has 2 heterocycles. The van der Waals surface area contributed by atoms with Crippen molar-refractivity contribution in [3.8, 4) is 0 Å². The number of aliphatic imine (C=N–C) groups is 1. The number of aromatic nitrogens is 1. The summed E-state index contributed by atoms with van der Waals surface area (Å²) in [5.41, 5.74) is 6.94. The van der Waals surface area contributed by atoms with Gasteiger partial charge in [0.25, 0.3) is 0 Å². The zero-order valence-electron chi connectivity index (χ0n) is 17.0. The number of nitrogens with two attached hydrogens (primary N) is 1. The number of amidine groups is 1. The second-order valence-electron chi connectivity index (χ2n) is 8.45. The molecule has 2 fully saturated rings. The Balaban J connectivity index is 1.31. The smallest absolute Gasteiger partial charge is 0.347 e. The highest BCUT2D eigenvalue weighted by Gasteiger charge is 2.25. The number of hydrogen-bond donors (Lipinski definition) is 2. The van der Waals surface area contributed by atoms with Crippen molar-refractivity contribution >= 4 is 28.3 Å². The molecule has 0 spiro atoms. The maximum Gasteiger partial charge on any atom is 0.347 e. The molecular weight excluding hydrogens is 362 g/mol. The van der Waals surface area contributed by atoms with Crippen LogP contribution in [0.5, 0.6) is 0 Å². The van der Waals surface area contributed by atoms with Gasteiger partial charge in [-0.05, 0) is 56.8 Å². The Kier molecular flexibility index (Phi) is 6.39. The number of pyridine rings is 1. The first-order chi connectivity index (χ1) is 14.2. The fourth-order valence-electron chi connectivity index (χ4n) is 4.73. The van der Waals surface area contributed by atoms with Crippen molar-refractivity contribution in [1.82, 2.24) is 9.88 Å². The van der Waals surface area contributed by atoms with E-state index in [9.17, 15) is 4.79 Å². The number of carbonyl (C=O) groups is 1. The lowest BCUT2D eigenvalue weighted by Crippen LogP contribution is -2.41. The average molecular weight is 394 g/mol. The third-order valence-corrected chi connectivity index (χ3v) is 6.40. The summed E-state index contributed by atoms with van der Waals surface area (Å²) in [6, 6.07) is 7.22. The van der Waals surface area contributed by atoms with Gasteiger partial charge in [0.05, 0.1) is 5.69 Å². The number of amides is 2. The minimum atomic E-state index is -0.406. The molecule has 6 nitrogen and oxygen atoms in total. The van der Waals surface area contributed by atoms with Crippen LogP contribution in [0.4, 0.5) is 10.5 Å². The van der Waals surface area contributed by atoms with Crippen molar-refractivity contribution in [3.05, 3.63) is 36.7 Å². The van der Waals surface area contributed by atoms with E-state index in [4.69, 9.17) is 5.73 Å². The highest BCUT2D eigenvalue weighted by Crippen LogP contribution is 2.27. The van der Waals surface area contributed by atoms with Gasteiger partial charge >= 0.3 is 6.03 Å². The van der Waals surface area contributed by atoms with E-state index in [-0.39, 0.29) is 5.92 Å². The van der Waals surface area contributed by atoms with Crippen molar-refractivity contribution in [2.24, 2.45) is 22.6 Å². The van der Waals surface area contributed by atoms with E-state index in [0.29, 0.717) is 5.84 Å². The molecule has 0 unspecified atom stereocenters. The first-order valence-corrected chi connectivity index (χ1v) is 10.9. The SMILES string of the molecule is N/C(=N\C(=O)Nc1cccc2cnccc12)C1CCN(CC2CCCCC2)CC1. The average Bonchev–Trinajstić information content (AvgIpc) is 2.75. The van der Waals surface area contributed by atoms with Gasteiger partial charge in [-0.2, -0.15) is 4.99 Å². The number of carbonyl (C=O) groups excluding carboxylic acids is 1. The van der Waals surface area contributed by atoms with Crippen molar-refractivity contribution < 1.29 is 4.79 Å². The summed E-state index contributed by atoms with van der Waals surface area (Å²) in [5, 5.41) is 4.80. The largest absolute Gasteiger partial charge is 0.387 e. The Morgan fingerprint density at radius 1 is 1.14 bits per heavy atom. The molecule has 1 aromatic heterocycles. The number of hydrogen-bond acceptors (Lipinski definition) is 3. The summed E-state index contributed by atoms with van der Waals surface area (Å²) >= 11 is 0. The van der Waals surface area contributed by atoms with Gasteiger partial charge in [0.2, 0.25) is 0 Å². The minimum absolute atomic E-state index is 0.195. The third kappa shape index (κ3) is 5.12. The molecule has 3 N–H and O–H groups in total. The molecule has 29 heavy (non-hydrogen) atoms. The molecule has 1 saturated heterocycles. The van der Waals surface area contributed by atoms with Crippen LogP contribution in [-0.2, 0) is 0 Å². The van der Waals surface area contributed by atoms with Gasteiger partial charge in [0.1, 0.15) is 5.84 Å². The fourth-order valence-corrected chi connectivity index (χ4v) is 4.73. The maximum absolute atomic E-state index is 12.4. The molecule has 2 aliphatic rings. The van der Waals surface area contributed by atoms with Crippen molar-refractivity contribution in [3.63, 3.8) is 0 Å². The predicted octanol–water partition coefficient (Wildman–Crippen LogP) is 4.42.